The molecule has 1 fully saturated rings. The van der Waals surface area contributed by atoms with Crippen LogP contribution in [0.5, 0.6) is 0 Å². The molecule has 23 heavy (non-hydrogen) atoms. The lowest BCUT2D eigenvalue weighted by atomic mass is 10.2. The first-order valence-corrected chi connectivity index (χ1v) is 8.66. The van der Waals surface area contributed by atoms with Gasteiger partial charge in [0, 0.05) is 24.3 Å². The number of hydrogen-bond donors (Lipinski definition) is 1. The molecule has 0 aliphatic heterocycles. The highest BCUT2D eigenvalue weighted by Crippen LogP contribution is 2.38. The van der Waals surface area contributed by atoms with Crippen molar-refractivity contribution in [2.45, 2.75) is 51.6 Å². The minimum atomic E-state index is -0.179. The van der Waals surface area contributed by atoms with Crippen LogP contribution in [0.3, 0.4) is 0 Å². The van der Waals surface area contributed by atoms with Crippen LogP contribution in [-0.4, -0.2) is 33.1 Å². The fourth-order valence-electron chi connectivity index (χ4n) is 2.10. The molecule has 0 radical (unpaired) electrons. The van der Waals surface area contributed by atoms with Crippen LogP contribution in [0.25, 0.3) is 0 Å². The van der Waals surface area contributed by atoms with Crippen molar-refractivity contribution in [3.63, 3.8) is 0 Å². The van der Waals surface area contributed by atoms with Crippen molar-refractivity contribution in [2.75, 3.05) is 7.05 Å². The van der Waals surface area contributed by atoms with Crippen LogP contribution in [0.4, 0.5) is 4.79 Å². The van der Waals surface area contributed by atoms with Crippen LogP contribution in [0.15, 0.2) is 9.90 Å². The van der Waals surface area contributed by atoms with E-state index < -0.39 is 0 Å². The number of nitrogens with one attached hydrogen (secondary N) is 1. The number of aromatic nitrogens is 3. The van der Waals surface area contributed by atoms with E-state index in [1.165, 1.54) is 0 Å². The largest absolute Gasteiger partial charge is 0.339 e. The topological polar surface area (TPSA) is 84.2 Å². The Bertz CT molecular complexity index is 677. The fourth-order valence-corrected chi connectivity index (χ4v) is 2.93. The maximum Gasteiger partial charge on any atom is 0.317 e. The molecule has 0 unspecified atom stereocenters. The Morgan fingerprint density at radius 1 is 1.48 bits per heavy atom. The van der Waals surface area contributed by atoms with Crippen molar-refractivity contribution in [1.82, 2.24) is 25.3 Å². The maximum absolute atomic E-state index is 12.1. The van der Waals surface area contributed by atoms with Gasteiger partial charge in [0.1, 0.15) is 0 Å². The molecule has 0 atom stereocenters. The van der Waals surface area contributed by atoms with Crippen molar-refractivity contribution in [3.05, 3.63) is 27.8 Å². The maximum atomic E-state index is 12.1. The zero-order valence-corrected chi connectivity index (χ0v) is 14.4. The summed E-state index contributed by atoms with van der Waals surface area (Å²) in [5, 5.41) is 9.78. The van der Waals surface area contributed by atoms with Gasteiger partial charge < -0.3 is 14.7 Å². The van der Waals surface area contributed by atoms with E-state index in [4.69, 9.17) is 4.52 Å². The number of hydrogen-bond acceptors (Lipinski definition) is 6. The van der Waals surface area contributed by atoms with Gasteiger partial charge in [0.25, 0.3) is 0 Å². The molecule has 0 aromatic carbocycles. The molecule has 1 N–H and O–H groups in total. The van der Waals surface area contributed by atoms with Crippen LogP contribution in [-0.2, 0) is 13.1 Å². The molecule has 1 aliphatic rings. The smallest absolute Gasteiger partial charge is 0.317 e. The second-order valence-electron chi connectivity index (χ2n) is 6.17. The number of thiazole rings is 1. The minimum Gasteiger partial charge on any atom is -0.339 e. The van der Waals surface area contributed by atoms with Crippen LogP contribution < -0.4 is 5.32 Å². The molecule has 0 spiro atoms. The Labute approximate surface area is 139 Å². The van der Waals surface area contributed by atoms with E-state index in [-0.39, 0.29) is 12.6 Å². The molecule has 2 heterocycles. The lowest BCUT2D eigenvalue weighted by Crippen LogP contribution is -2.36. The second-order valence-corrected chi connectivity index (χ2v) is 7.06. The fraction of sp³-hybridized carbons (Fsp3) is 0.600. The van der Waals surface area contributed by atoms with Crippen molar-refractivity contribution in [3.8, 4) is 0 Å². The van der Waals surface area contributed by atoms with Crippen molar-refractivity contribution >= 4 is 17.4 Å². The van der Waals surface area contributed by atoms with Crippen molar-refractivity contribution in [1.29, 1.82) is 0 Å². The second kappa shape index (κ2) is 6.66. The van der Waals surface area contributed by atoms with Gasteiger partial charge in [0.2, 0.25) is 5.89 Å². The SMILES string of the molecule is CC(C)c1nc(CN(C)C(=O)NCc2noc(C3CC3)n2)cs1. The molecule has 0 bridgehead atoms. The third kappa shape index (κ3) is 4.07. The summed E-state index contributed by atoms with van der Waals surface area (Å²) in [6, 6.07) is -0.179. The van der Waals surface area contributed by atoms with Crippen molar-refractivity contribution in [2.24, 2.45) is 0 Å². The summed E-state index contributed by atoms with van der Waals surface area (Å²) < 4.78 is 5.17. The zero-order valence-electron chi connectivity index (χ0n) is 13.6. The number of carbonyl (C=O) groups is 1. The summed E-state index contributed by atoms with van der Waals surface area (Å²) in [6.45, 7) is 4.97. The Hall–Kier alpha value is -1.96. The first-order valence-electron chi connectivity index (χ1n) is 7.78. The first-order chi connectivity index (χ1) is 11.0. The van der Waals surface area contributed by atoms with Crippen LogP contribution in [0, 0.1) is 0 Å². The van der Waals surface area contributed by atoms with Crippen LogP contribution >= 0.6 is 11.3 Å². The van der Waals surface area contributed by atoms with Gasteiger partial charge in [-0.25, -0.2) is 9.78 Å². The molecule has 3 rings (SSSR count). The van der Waals surface area contributed by atoms with E-state index in [2.05, 4.69) is 34.3 Å². The summed E-state index contributed by atoms with van der Waals surface area (Å²) >= 11 is 1.63. The molecule has 7 nitrogen and oxygen atoms in total. The van der Waals surface area contributed by atoms with Gasteiger partial charge in [-0.3, -0.25) is 0 Å². The molecular weight excluding hydrogens is 314 g/mol. The monoisotopic (exact) mass is 335 g/mol. The highest BCUT2D eigenvalue weighted by atomic mass is 32.1. The normalized spacial score (nSPS) is 14.3. The average molecular weight is 335 g/mol. The first kappa shape index (κ1) is 15.9. The standard InChI is InChI=1S/C15H21N5O2S/c1-9(2)14-17-11(8-23-14)7-20(3)15(21)16-6-12-18-13(22-19-12)10-4-5-10/h8-10H,4-7H2,1-3H3,(H,16,21). The Morgan fingerprint density at radius 3 is 2.91 bits per heavy atom. The summed E-state index contributed by atoms with van der Waals surface area (Å²) in [5.41, 5.74) is 0.909. The van der Waals surface area contributed by atoms with Crippen molar-refractivity contribution < 1.29 is 9.32 Å². The summed E-state index contributed by atoms with van der Waals surface area (Å²) in [6.07, 6.45) is 2.23. The van der Waals surface area contributed by atoms with Gasteiger partial charge in [0.05, 0.1) is 23.8 Å². The van der Waals surface area contributed by atoms with Crippen LogP contribution in [0.2, 0.25) is 0 Å². The molecular formula is C15H21N5O2S. The van der Waals surface area contributed by atoms with E-state index in [9.17, 15) is 4.79 Å². The Kier molecular flexibility index (Phi) is 4.61. The molecule has 1 aliphatic carbocycles. The van der Waals surface area contributed by atoms with E-state index in [1.807, 2.05) is 5.38 Å². The number of urea groups is 1. The van der Waals surface area contributed by atoms with Gasteiger partial charge in [-0.1, -0.05) is 19.0 Å². The molecule has 2 aromatic rings. The zero-order chi connectivity index (χ0) is 16.4. The molecule has 2 amide bonds. The summed E-state index contributed by atoms with van der Waals surface area (Å²) in [7, 11) is 1.75. The van der Waals surface area contributed by atoms with Gasteiger partial charge in [-0.2, -0.15) is 4.98 Å². The summed E-state index contributed by atoms with van der Waals surface area (Å²) in [4.78, 5) is 22.5. The lowest BCUT2D eigenvalue weighted by molar-refractivity contribution is 0.205. The molecule has 0 saturated heterocycles. The van der Waals surface area contributed by atoms with E-state index >= 15 is 0 Å². The third-order valence-corrected chi connectivity index (χ3v) is 4.81. The minimum absolute atomic E-state index is 0.179. The van der Waals surface area contributed by atoms with E-state index in [0.29, 0.717) is 30.1 Å². The molecule has 8 heteroatoms. The third-order valence-electron chi connectivity index (χ3n) is 3.62. The predicted molar refractivity (Wildman–Crippen MR) is 86.2 cm³/mol. The molecule has 2 aromatic heterocycles. The average Bonchev–Trinajstić information content (AvgIpc) is 3.08. The van der Waals surface area contributed by atoms with Gasteiger partial charge in [-0.15, -0.1) is 11.3 Å². The summed E-state index contributed by atoms with van der Waals surface area (Å²) in [5.74, 6) is 2.04. The molecule has 1 saturated carbocycles. The number of nitrogens with zero attached hydrogens (tertiary/aromatic N) is 4. The number of carbonyl (C=O) groups excluding carboxylic acids is 1. The number of rotatable bonds is 6. The van der Waals surface area contributed by atoms with Gasteiger partial charge >= 0.3 is 6.03 Å². The lowest BCUT2D eigenvalue weighted by Gasteiger charge is -2.16. The van der Waals surface area contributed by atoms with Gasteiger partial charge in [-0.05, 0) is 12.8 Å². The Morgan fingerprint density at radius 2 is 2.26 bits per heavy atom. The Balaban J connectivity index is 1.48. The van der Waals surface area contributed by atoms with E-state index in [1.54, 1.807) is 23.3 Å². The highest BCUT2D eigenvalue weighted by Gasteiger charge is 2.29. The number of amides is 2. The van der Waals surface area contributed by atoms with Crippen LogP contribution in [0.1, 0.15) is 60.9 Å². The predicted octanol–water partition coefficient (Wildman–Crippen LogP) is 2.87. The van der Waals surface area contributed by atoms with Gasteiger partial charge in [0.15, 0.2) is 5.82 Å². The highest BCUT2D eigenvalue weighted by molar-refractivity contribution is 7.09. The molecule has 124 valence electrons. The van der Waals surface area contributed by atoms with E-state index in [0.717, 1.165) is 23.5 Å². The quantitative estimate of drug-likeness (QED) is 0.877.